The van der Waals surface area contributed by atoms with E-state index in [4.69, 9.17) is 0 Å². The maximum Gasteiger partial charge on any atom is 0.265 e. The van der Waals surface area contributed by atoms with Gasteiger partial charge in [-0.1, -0.05) is 47.0 Å². The quantitative estimate of drug-likeness (QED) is 0.279. The van der Waals surface area contributed by atoms with Crippen LogP contribution in [0.25, 0.3) is 0 Å². The van der Waals surface area contributed by atoms with E-state index in [1.807, 2.05) is 13.8 Å². The van der Waals surface area contributed by atoms with Crippen LogP contribution in [0.5, 0.6) is 0 Å². The van der Waals surface area contributed by atoms with Gasteiger partial charge in [-0.25, -0.2) is 4.39 Å². The van der Waals surface area contributed by atoms with Gasteiger partial charge in [-0.15, -0.1) is 0 Å². The van der Waals surface area contributed by atoms with Crippen LogP contribution in [0.1, 0.15) is 83.8 Å². The standard InChI is InChI=1S/C24H41FNOP.Y/c1-7-11-14-28(15-12-8-2,16-13-9-3)22(10-4)24(27)26-23-19(5)17-21(25)18-20(23)6;/h17-18,22H,7-16H2,1-6H3;/p+1. The van der Waals surface area contributed by atoms with Crippen molar-refractivity contribution in [1.29, 1.82) is 0 Å². The first kappa shape index (κ1) is 29.2. The summed E-state index contributed by atoms with van der Waals surface area (Å²) < 4.78 is 13.7. The number of hydrogen-bond acceptors (Lipinski definition) is 1. The third-order valence-electron chi connectivity index (χ3n) is 5.97. The van der Waals surface area contributed by atoms with Crippen LogP contribution < -0.4 is 5.32 Å². The molecule has 0 saturated carbocycles. The number of amides is 1. The van der Waals surface area contributed by atoms with E-state index in [1.165, 1.54) is 69.1 Å². The number of carbonyl (C=O) groups is 1. The third-order valence-corrected chi connectivity index (χ3v) is 11.5. The minimum absolute atomic E-state index is 0. The topological polar surface area (TPSA) is 29.1 Å². The van der Waals surface area contributed by atoms with Crippen molar-refractivity contribution in [3.05, 3.63) is 29.1 Å². The van der Waals surface area contributed by atoms with Gasteiger partial charge in [-0.3, -0.25) is 4.79 Å². The third kappa shape index (κ3) is 8.66. The number of benzene rings is 1. The zero-order valence-electron chi connectivity index (χ0n) is 19.6. The van der Waals surface area contributed by atoms with Crippen molar-refractivity contribution in [2.45, 2.75) is 92.1 Å². The molecule has 1 amide bonds. The van der Waals surface area contributed by atoms with Gasteiger partial charge in [0.15, 0.2) is 0 Å². The fourth-order valence-corrected chi connectivity index (χ4v) is 10.1. The molecule has 1 atom stereocenters. The summed E-state index contributed by atoms with van der Waals surface area (Å²) >= 11 is 0. The normalized spacial score (nSPS) is 12.4. The monoisotopic (exact) mass is 499 g/mol. The molecule has 0 bridgehead atoms. The number of unbranched alkanes of at least 4 members (excludes halogenated alkanes) is 3. The van der Waals surface area contributed by atoms with Gasteiger partial charge in [0.25, 0.3) is 5.91 Å². The second-order valence-electron chi connectivity index (χ2n) is 8.28. The Labute approximate surface area is 204 Å². The molecule has 0 saturated heterocycles. The summed E-state index contributed by atoms with van der Waals surface area (Å²) in [5.74, 6) is -0.0762. The van der Waals surface area contributed by atoms with E-state index < -0.39 is 7.26 Å². The van der Waals surface area contributed by atoms with Gasteiger partial charge in [0, 0.05) is 45.7 Å². The van der Waals surface area contributed by atoms with Crippen LogP contribution in [0.15, 0.2) is 12.1 Å². The van der Waals surface area contributed by atoms with E-state index in [9.17, 15) is 9.18 Å². The summed E-state index contributed by atoms with van der Waals surface area (Å²) in [4.78, 5) is 13.5. The second kappa shape index (κ2) is 15.0. The SMILES string of the molecule is CCCC[P+](CCCC)(CCCC)C(CC)C(=O)Nc1c(C)cc(F)cc1C.[Y]. The van der Waals surface area contributed by atoms with E-state index in [0.717, 1.165) is 23.2 Å². The molecule has 29 heavy (non-hydrogen) atoms. The number of hydrogen-bond donors (Lipinski definition) is 1. The van der Waals surface area contributed by atoms with Crippen LogP contribution in [-0.4, -0.2) is 30.1 Å². The minimum atomic E-state index is -1.37. The molecular weight excluding hydrogens is 457 g/mol. The molecular formula is C24H42FNOPY+. The Morgan fingerprint density at radius 1 is 0.931 bits per heavy atom. The van der Waals surface area contributed by atoms with Crippen molar-refractivity contribution in [2.24, 2.45) is 0 Å². The van der Waals surface area contributed by atoms with Gasteiger partial charge < -0.3 is 5.32 Å². The second-order valence-corrected chi connectivity index (χ2v) is 12.7. The predicted octanol–water partition coefficient (Wildman–Crippen LogP) is 7.58. The van der Waals surface area contributed by atoms with Gasteiger partial charge in [-0.2, -0.15) is 0 Å². The molecule has 0 aliphatic rings. The van der Waals surface area contributed by atoms with Crippen molar-refractivity contribution < 1.29 is 41.9 Å². The first-order valence-corrected chi connectivity index (χ1v) is 13.7. The maximum absolute atomic E-state index is 13.7. The number of nitrogens with one attached hydrogen (secondary N) is 1. The summed E-state index contributed by atoms with van der Waals surface area (Å²) in [5.41, 5.74) is 2.52. The van der Waals surface area contributed by atoms with Gasteiger partial charge in [-0.05, 0) is 62.8 Å². The number of aryl methyl sites for hydroxylation is 2. The average molecular weight is 499 g/mol. The number of halogens is 1. The Balaban J connectivity index is 0.00000784. The van der Waals surface area contributed by atoms with Crippen LogP contribution in [0.3, 0.4) is 0 Å². The zero-order valence-corrected chi connectivity index (χ0v) is 23.3. The van der Waals surface area contributed by atoms with E-state index in [1.54, 1.807) is 0 Å². The zero-order chi connectivity index (χ0) is 21.2. The summed E-state index contributed by atoms with van der Waals surface area (Å²) in [5, 5.41) is 3.21. The molecule has 163 valence electrons. The van der Waals surface area contributed by atoms with Gasteiger partial charge in [0.1, 0.15) is 11.5 Å². The Kier molecular flexibility index (Phi) is 15.1. The van der Waals surface area contributed by atoms with E-state index in [2.05, 4.69) is 33.0 Å². The van der Waals surface area contributed by atoms with Crippen LogP contribution in [-0.2, 0) is 37.5 Å². The van der Waals surface area contributed by atoms with Crippen LogP contribution in [0, 0.1) is 19.7 Å². The molecule has 2 nitrogen and oxygen atoms in total. The number of rotatable bonds is 13. The minimum Gasteiger partial charge on any atom is -0.322 e. The van der Waals surface area contributed by atoms with Crippen LogP contribution >= 0.6 is 7.26 Å². The van der Waals surface area contributed by atoms with Crippen LogP contribution in [0.2, 0.25) is 0 Å². The van der Waals surface area contributed by atoms with Crippen molar-refractivity contribution >= 4 is 18.9 Å². The summed E-state index contributed by atoms with van der Waals surface area (Å²) in [7, 11) is -1.37. The smallest absolute Gasteiger partial charge is 0.265 e. The Hall–Kier alpha value is 0.154. The summed E-state index contributed by atoms with van der Waals surface area (Å²) in [6, 6.07) is 3.02. The van der Waals surface area contributed by atoms with Gasteiger partial charge >= 0.3 is 0 Å². The summed E-state index contributed by atoms with van der Waals surface area (Å²) in [6.07, 6.45) is 11.8. The Morgan fingerprint density at radius 2 is 1.34 bits per heavy atom. The molecule has 5 heteroatoms. The van der Waals surface area contributed by atoms with Gasteiger partial charge in [0.05, 0.1) is 18.5 Å². The Morgan fingerprint density at radius 3 is 1.69 bits per heavy atom. The largest absolute Gasteiger partial charge is 0.322 e. The molecule has 1 aromatic carbocycles. The molecule has 0 aliphatic heterocycles. The van der Waals surface area contributed by atoms with Crippen molar-refractivity contribution in [3.8, 4) is 0 Å². The van der Waals surface area contributed by atoms with Crippen molar-refractivity contribution in [2.75, 3.05) is 23.8 Å². The van der Waals surface area contributed by atoms with Crippen LogP contribution in [0.4, 0.5) is 10.1 Å². The fraction of sp³-hybridized carbons (Fsp3) is 0.708. The van der Waals surface area contributed by atoms with Crippen molar-refractivity contribution in [3.63, 3.8) is 0 Å². The first-order valence-electron chi connectivity index (χ1n) is 11.3. The van der Waals surface area contributed by atoms with E-state index in [-0.39, 0.29) is 50.1 Å². The maximum atomic E-state index is 13.7. The Bertz CT molecular complexity index is 578. The molecule has 0 fully saturated rings. The molecule has 1 unspecified atom stereocenters. The number of carbonyl (C=O) groups excluding carboxylic acids is 1. The average Bonchev–Trinajstić information content (AvgIpc) is 2.65. The molecule has 1 radical (unpaired) electrons. The predicted molar refractivity (Wildman–Crippen MR) is 125 cm³/mol. The molecule has 0 heterocycles. The molecule has 1 N–H and O–H groups in total. The first-order chi connectivity index (χ1) is 13.3. The van der Waals surface area contributed by atoms with Gasteiger partial charge in [0.2, 0.25) is 0 Å². The van der Waals surface area contributed by atoms with E-state index in [0.29, 0.717) is 0 Å². The van der Waals surface area contributed by atoms with E-state index >= 15 is 0 Å². The molecule has 1 rings (SSSR count). The number of anilines is 1. The molecule has 1 aromatic rings. The summed E-state index contributed by atoms with van der Waals surface area (Å²) in [6.45, 7) is 12.7. The molecule has 0 aliphatic carbocycles. The molecule has 0 aromatic heterocycles. The fourth-order valence-electron chi connectivity index (χ4n) is 4.36. The van der Waals surface area contributed by atoms with Crippen molar-refractivity contribution in [1.82, 2.24) is 0 Å². The molecule has 0 spiro atoms.